The molecule has 15 heavy (non-hydrogen) atoms. The molecule has 3 rings (SSSR count). The molecule has 0 spiro atoms. The lowest BCUT2D eigenvalue weighted by Crippen LogP contribution is -2.39. The van der Waals surface area contributed by atoms with Gasteiger partial charge in [0.2, 0.25) is 0 Å². The lowest BCUT2D eigenvalue weighted by atomic mass is 10.2. The number of hydrogen-bond acceptors (Lipinski definition) is 3. The van der Waals surface area contributed by atoms with Crippen molar-refractivity contribution in [2.75, 3.05) is 18.1 Å². The van der Waals surface area contributed by atoms with Crippen LogP contribution in [0.3, 0.4) is 0 Å². The highest BCUT2D eigenvalue weighted by Gasteiger charge is 2.13. The summed E-state index contributed by atoms with van der Waals surface area (Å²) in [6.07, 6.45) is 3.85. The molecule has 2 heterocycles. The number of rotatable bonds is 1. The average molecular weight is 202 g/mol. The number of benzene rings is 1. The van der Waals surface area contributed by atoms with Gasteiger partial charge in [0.25, 0.3) is 0 Å². The van der Waals surface area contributed by atoms with E-state index in [2.05, 4.69) is 21.4 Å². The zero-order valence-corrected chi connectivity index (χ0v) is 8.63. The van der Waals surface area contributed by atoms with E-state index in [-0.39, 0.29) is 0 Å². The van der Waals surface area contributed by atoms with Crippen LogP contribution in [0.5, 0.6) is 0 Å². The summed E-state index contributed by atoms with van der Waals surface area (Å²) in [6, 6.07) is 8.11. The van der Waals surface area contributed by atoms with Crippen molar-refractivity contribution in [3.05, 3.63) is 24.3 Å². The minimum Gasteiger partial charge on any atom is -0.295 e. The van der Waals surface area contributed by atoms with Gasteiger partial charge in [0.15, 0.2) is 0 Å². The fourth-order valence-electron chi connectivity index (χ4n) is 2.13. The van der Waals surface area contributed by atoms with Crippen molar-refractivity contribution in [3.8, 4) is 0 Å². The fraction of sp³-hybridized carbons (Fsp3) is 0.455. The van der Waals surface area contributed by atoms with E-state index in [0.29, 0.717) is 0 Å². The van der Waals surface area contributed by atoms with Crippen molar-refractivity contribution in [1.82, 2.24) is 15.1 Å². The lowest BCUT2D eigenvalue weighted by Gasteiger charge is -2.28. The van der Waals surface area contributed by atoms with Gasteiger partial charge in [-0.3, -0.25) is 5.01 Å². The van der Waals surface area contributed by atoms with Crippen molar-refractivity contribution >= 4 is 11.0 Å². The highest BCUT2D eigenvalue weighted by atomic mass is 15.7. The van der Waals surface area contributed by atoms with Crippen LogP contribution in [-0.2, 0) is 0 Å². The zero-order valence-electron chi connectivity index (χ0n) is 8.63. The van der Waals surface area contributed by atoms with Gasteiger partial charge in [0.05, 0.1) is 0 Å². The third-order valence-corrected chi connectivity index (χ3v) is 2.93. The van der Waals surface area contributed by atoms with Crippen LogP contribution in [0.4, 0.5) is 0 Å². The van der Waals surface area contributed by atoms with Crippen LogP contribution in [0.2, 0.25) is 0 Å². The predicted octanol–water partition coefficient (Wildman–Crippen LogP) is 1.55. The Kier molecular flexibility index (Phi) is 2.05. The second-order valence-electron chi connectivity index (χ2n) is 3.98. The van der Waals surface area contributed by atoms with Gasteiger partial charge in [-0.25, -0.2) is 0 Å². The molecule has 0 atom stereocenters. The van der Waals surface area contributed by atoms with Gasteiger partial charge in [-0.1, -0.05) is 12.1 Å². The second kappa shape index (κ2) is 3.53. The first-order valence-corrected chi connectivity index (χ1v) is 5.51. The van der Waals surface area contributed by atoms with Gasteiger partial charge in [-0.2, -0.15) is 4.79 Å². The monoisotopic (exact) mass is 202 g/mol. The Balaban J connectivity index is 2.02. The lowest BCUT2D eigenvalue weighted by molar-refractivity contribution is 0.449. The van der Waals surface area contributed by atoms with Gasteiger partial charge < -0.3 is 0 Å². The maximum atomic E-state index is 4.21. The summed E-state index contributed by atoms with van der Waals surface area (Å²) in [5.74, 6) is 0. The van der Waals surface area contributed by atoms with E-state index in [4.69, 9.17) is 0 Å². The molecule has 0 amide bonds. The number of piperidine rings is 1. The summed E-state index contributed by atoms with van der Waals surface area (Å²) in [5, 5.41) is 10.7. The fourth-order valence-corrected chi connectivity index (χ4v) is 2.13. The van der Waals surface area contributed by atoms with Crippen molar-refractivity contribution in [2.24, 2.45) is 0 Å². The van der Waals surface area contributed by atoms with Gasteiger partial charge in [0, 0.05) is 13.1 Å². The van der Waals surface area contributed by atoms with Crippen molar-refractivity contribution < 1.29 is 0 Å². The standard InChI is InChI=1S/C11H14N4/c1-4-8-14(9-5-1)15-11-7-3-2-6-10(11)12-13-15/h2-3,6-7H,1,4-5,8-9H2. The normalized spacial score (nSPS) is 17.2. The molecule has 1 saturated heterocycles. The number of hydrogen-bond donors (Lipinski definition) is 0. The minimum atomic E-state index is 0.975. The maximum absolute atomic E-state index is 4.21. The third kappa shape index (κ3) is 1.46. The van der Waals surface area contributed by atoms with Crippen molar-refractivity contribution in [2.45, 2.75) is 19.3 Å². The Hall–Kier alpha value is -1.58. The first-order valence-electron chi connectivity index (χ1n) is 5.51. The van der Waals surface area contributed by atoms with E-state index in [0.717, 1.165) is 24.1 Å². The molecule has 78 valence electrons. The van der Waals surface area contributed by atoms with Crippen LogP contribution in [0.25, 0.3) is 11.0 Å². The van der Waals surface area contributed by atoms with Crippen LogP contribution in [0.15, 0.2) is 24.3 Å². The topological polar surface area (TPSA) is 34.0 Å². The highest BCUT2D eigenvalue weighted by molar-refractivity contribution is 5.74. The molecule has 0 radical (unpaired) electrons. The zero-order chi connectivity index (χ0) is 10.1. The highest BCUT2D eigenvalue weighted by Crippen LogP contribution is 2.13. The summed E-state index contributed by atoms with van der Waals surface area (Å²) in [6.45, 7) is 2.18. The molecule has 0 saturated carbocycles. The number of nitrogens with zero attached hydrogens (tertiary/aromatic N) is 4. The molecular formula is C11H14N4. The number of para-hydroxylation sites is 1. The van der Waals surface area contributed by atoms with E-state index in [1.54, 1.807) is 0 Å². The van der Waals surface area contributed by atoms with Crippen LogP contribution in [0, 0.1) is 0 Å². The summed E-state index contributed by atoms with van der Waals surface area (Å²) in [7, 11) is 0. The van der Waals surface area contributed by atoms with E-state index in [9.17, 15) is 0 Å². The van der Waals surface area contributed by atoms with Crippen molar-refractivity contribution in [3.63, 3.8) is 0 Å². The number of fused-ring (bicyclic) bond motifs is 1. The summed E-state index contributed by atoms with van der Waals surface area (Å²) in [4.78, 5) is 1.95. The van der Waals surface area contributed by atoms with Crippen LogP contribution < -0.4 is 5.01 Å². The molecule has 0 unspecified atom stereocenters. The van der Waals surface area contributed by atoms with Gasteiger partial charge in [0.1, 0.15) is 11.0 Å². The summed E-state index contributed by atoms with van der Waals surface area (Å²) in [5.41, 5.74) is 2.09. The number of aromatic nitrogens is 3. The van der Waals surface area contributed by atoms with E-state index < -0.39 is 0 Å². The van der Waals surface area contributed by atoms with Gasteiger partial charge in [-0.15, -0.1) is 5.10 Å². The Labute approximate surface area is 88.5 Å². The average Bonchev–Trinajstić information content (AvgIpc) is 2.74. The third-order valence-electron chi connectivity index (χ3n) is 2.93. The molecule has 1 aliphatic heterocycles. The molecule has 1 aliphatic rings. The SMILES string of the molecule is c1ccc2c(c1)nnn2N1CCCCC1. The quantitative estimate of drug-likeness (QED) is 0.703. The first-order chi connectivity index (χ1) is 7.45. The van der Waals surface area contributed by atoms with Gasteiger partial charge >= 0.3 is 0 Å². The Morgan fingerprint density at radius 1 is 1.00 bits per heavy atom. The molecule has 1 fully saturated rings. The molecule has 4 heteroatoms. The second-order valence-corrected chi connectivity index (χ2v) is 3.98. The minimum absolute atomic E-state index is 0.975. The Morgan fingerprint density at radius 2 is 1.80 bits per heavy atom. The molecule has 1 aromatic carbocycles. The molecule has 0 bridgehead atoms. The van der Waals surface area contributed by atoms with Crippen LogP contribution >= 0.6 is 0 Å². The van der Waals surface area contributed by atoms with Crippen molar-refractivity contribution in [1.29, 1.82) is 0 Å². The first kappa shape index (κ1) is 8.71. The summed E-state index contributed by atoms with van der Waals surface area (Å²) >= 11 is 0. The Morgan fingerprint density at radius 3 is 2.67 bits per heavy atom. The van der Waals surface area contributed by atoms with E-state index in [1.165, 1.54) is 19.3 Å². The smallest absolute Gasteiger partial charge is 0.115 e. The van der Waals surface area contributed by atoms with Crippen LogP contribution in [-0.4, -0.2) is 28.2 Å². The molecule has 2 aromatic rings. The molecule has 0 N–H and O–H groups in total. The van der Waals surface area contributed by atoms with E-state index in [1.807, 2.05) is 23.0 Å². The molecule has 1 aromatic heterocycles. The molecule has 0 aliphatic carbocycles. The van der Waals surface area contributed by atoms with Crippen LogP contribution in [0.1, 0.15) is 19.3 Å². The predicted molar refractivity (Wildman–Crippen MR) is 59.3 cm³/mol. The van der Waals surface area contributed by atoms with Gasteiger partial charge in [-0.05, 0) is 36.6 Å². The molecular weight excluding hydrogens is 188 g/mol. The maximum Gasteiger partial charge on any atom is 0.115 e. The Bertz CT molecular complexity index is 456. The van der Waals surface area contributed by atoms with E-state index >= 15 is 0 Å². The largest absolute Gasteiger partial charge is 0.295 e. The summed E-state index contributed by atoms with van der Waals surface area (Å²) < 4.78 is 0. The molecule has 4 nitrogen and oxygen atoms in total.